The fourth-order valence-electron chi connectivity index (χ4n) is 2.29. The molecule has 0 unspecified atom stereocenters. The lowest BCUT2D eigenvalue weighted by molar-refractivity contribution is -0.0982. The molecule has 0 saturated heterocycles. The Balaban J connectivity index is 2.17. The van der Waals surface area contributed by atoms with Crippen LogP contribution >= 0.6 is 0 Å². The van der Waals surface area contributed by atoms with Crippen molar-refractivity contribution in [2.75, 3.05) is 6.61 Å². The first-order valence-electron chi connectivity index (χ1n) is 8.93. The summed E-state index contributed by atoms with van der Waals surface area (Å²) in [5.41, 5.74) is -0.389. The van der Waals surface area contributed by atoms with Crippen LogP contribution in [0, 0.1) is 0 Å². The van der Waals surface area contributed by atoms with E-state index in [1.165, 1.54) is 0 Å². The molecule has 2 aromatic rings. The van der Waals surface area contributed by atoms with Gasteiger partial charge in [0.05, 0.1) is 17.8 Å². The van der Waals surface area contributed by atoms with Gasteiger partial charge in [-0.2, -0.15) is 0 Å². The maximum atomic E-state index is 12.1. The summed E-state index contributed by atoms with van der Waals surface area (Å²) in [5.74, 6) is -0.392. The number of H-pyrrole nitrogens is 1. The zero-order chi connectivity index (χ0) is 19.5. The molecule has 6 nitrogen and oxygen atoms in total. The van der Waals surface area contributed by atoms with Crippen molar-refractivity contribution in [3.05, 3.63) is 30.0 Å². The molecule has 2 rings (SSSR count). The predicted octanol–water partition coefficient (Wildman–Crippen LogP) is 2.38. The lowest BCUT2D eigenvalue weighted by atomic mass is 9.76. The van der Waals surface area contributed by atoms with Crippen molar-refractivity contribution in [1.82, 2.24) is 4.98 Å². The maximum Gasteiger partial charge on any atom is 0.491 e. The number of aliphatic hydroxyl groups is 1. The summed E-state index contributed by atoms with van der Waals surface area (Å²) in [6.07, 6.45) is 1.79. The monoisotopic (exact) mass is 361 g/mol. The summed E-state index contributed by atoms with van der Waals surface area (Å²) in [4.78, 5) is 15.1. The molecule has 1 aromatic carbocycles. The number of fused-ring (bicyclic) bond motifs is 1. The van der Waals surface area contributed by atoms with Crippen molar-refractivity contribution in [2.24, 2.45) is 0 Å². The number of unbranched alkanes of at least 4 members (excludes halogenated alkanes) is 1. The molecule has 1 aromatic heterocycles. The number of benzene rings is 1. The van der Waals surface area contributed by atoms with Gasteiger partial charge in [-0.3, -0.25) is 0 Å². The molecule has 7 heteroatoms. The first-order chi connectivity index (χ1) is 12.0. The van der Waals surface area contributed by atoms with E-state index < -0.39 is 24.3 Å². The second kappa shape index (κ2) is 7.82. The quantitative estimate of drug-likeness (QED) is 0.381. The molecular formula is C19H28BNO5. The van der Waals surface area contributed by atoms with Gasteiger partial charge in [-0.25, -0.2) is 4.79 Å². The largest absolute Gasteiger partial charge is 0.491 e. The van der Waals surface area contributed by atoms with Gasteiger partial charge in [-0.1, -0.05) is 25.5 Å². The van der Waals surface area contributed by atoms with Crippen LogP contribution in [0.4, 0.5) is 0 Å². The highest BCUT2D eigenvalue weighted by Crippen LogP contribution is 2.25. The van der Waals surface area contributed by atoms with E-state index in [-0.39, 0.29) is 0 Å². The molecule has 0 amide bonds. The van der Waals surface area contributed by atoms with Crippen LogP contribution in [-0.2, 0) is 9.39 Å². The highest BCUT2D eigenvalue weighted by Gasteiger charge is 2.39. The summed E-state index contributed by atoms with van der Waals surface area (Å²) in [6, 6.07) is 6.94. The number of aromatic nitrogens is 1. The Kier molecular flexibility index (Phi) is 6.16. The molecule has 0 aliphatic carbocycles. The standard InChI is InChI=1S/C19H28BNO5/c1-6-7-10-25-17(22)16-12-13-11-14(8-9-15(13)21-16)20(24)26-19(4,5)18(2,3)23/h8-9,11-12,21,23-24H,6-7,10H2,1-5H3. The number of hydrogen-bond acceptors (Lipinski definition) is 5. The van der Waals surface area contributed by atoms with E-state index in [4.69, 9.17) is 9.39 Å². The number of aromatic amines is 1. The van der Waals surface area contributed by atoms with Gasteiger partial charge in [0.2, 0.25) is 0 Å². The van der Waals surface area contributed by atoms with E-state index in [1.807, 2.05) is 6.92 Å². The van der Waals surface area contributed by atoms with E-state index in [0.717, 1.165) is 23.7 Å². The third-order valence-electron chi connectivity index (χ3n) is 4.76. The fourth-order valence-corrected chi connectivity index (χ4v) is 2.29. The molecule has 3 N–H and O–H groups in total. The molecule has 0 fully saturated rings. The highest BCUT2D eigenvalue weighted by molar-refractivity contribution is 6.60. The van der Waals surface area contributed by atoms with E-state index in [0.29, 0.717) is 17.8 Å². The molecule has 0 radical (unpaired) electrons. The number of rotatable bonds is 8. The third kappa shape index (κ3) is 4.66. The van der Waals surface area contributed by atoms with Crippen LogP contribution in [0.5, 0.6) is 0 Å². The Bertz CT molecular complexity index is 763. The van der Waals surface area contributed by atoms with Crippen LogP contribution in [0.1, 0.15) is 57.9 Å². The molecule has 0 aliphatic rings. The Morgan fingerprint density at radius 2 is 1.92 bits per heavy atom. The summed E-state index contributed by atoms with van der Waals surface area (Å²) >= 11 is 0. The van der Waals surface area contributed by atoms with Crippen molar-refractivity contribution >= 4 is 29.5 Å². The van der Waals surface area contributed by atoms with Crippen molar-refractivity contribution < 1.29 is 24.3 Å². The number of carbonyl (C=O) groups excluding carboxylic acids is 1. The van der Waals surface area contributed by atoms with E-state index in [9.17, 15) is 14.9 Å². The summed E-state index contributed by atoms with van der Waals surface area (Å²) in [7, 11) is -1.20. The smallest absolute Gasteiger partial charge is 0.461 e. The second-order valence-electron chi connectivity index (χ2n) is 7.56. The summed E-state index contributed by atoms with van der Waals surface area (Å²) in [6.45, 7) is 9.13. The maximum absolute atomic E-state index is 12.1. The number of nitrogens with one attached hydrogen (secondary N) is 1. The van der Waals surface area contributed by atoms with Gasteiger partial charge in [-0.05, 0) is 57.1 Å². The van der Waals surface area contributed by atoms with Gasteiger partial charge in [0, 0.05) is 5.52 Å². The normalized spacial score (nSPS) is 12.4. The van der Waals surface area contributed by atoms with Crippen molar-refractivity contribution in [3.8, 4) is 0 Å². The molecule has 0 atom stereocenters. The molecular weight excluding hydrogens is 333 g/mol. The van der Waals surface area contributed by atoms with Crippen LogP contribution < -0.4 is 5.46 Å². The van der Waals surface area contributed by atoms with Gasteiger partial charge in [0.25, 0.3) is 0 Å². The summed E-state index contributed by atoms with van der Waals surface area (Å²) in [5, 5.41) is 21.3. The second-order valence-corrected chi connectivity index (χ2v) is 7.56. The lowest BCUT2D eigenvalue weighted by Gasteiger charge is -2.38. The van der Waals surface area contributed by atoms with Gasteiger partial charge >= 0.3 is 13.1 Å². The Labute approximate surface area is 154 Å². The topological polar surface area (TPSA) is 91.8 Å². The molecule has 0 bridgehead atoms. The minimum atomic E-state index is -1.20. The van der Waals surface area contributed by atoms with Crippen LogP contribution in [-0.4, -0.2) is 46.0 Å². The third-order valence-corrected chi connectivity index (χ3v) is 4.76. The fraction of sp³-hybridized carbons (Fsp3) is 0.526. The minimum absolute atomic E-state index is 0.375. The SMILES string of the molecule is CCCCOC(=O)c1cc2cc(B(O)OC(C)(C)C(C)(C)O)ccc2[nH]1. The van der Waals surface area contributed by atoms with Gasteiger partial charge in [-0.15, -0.1) is 0 Å². The average Bonchev–Trinajstić information content (AvgIpc) is 2.96. The zero-order valence-corrected chi connectivity index (χ0v) is 16.1. The molecule has 1 heterocycles. The molecule has 26 heavy (non-hydrogen) atoms. The Morgan fingerprint density at radius 1 is 1.23 bits per heavy atom. The number of carbonyl (C=O) groups is 1. The van der Waals surface area contributed by atoms with E-state index >= 15 is 0 Å². The van der Waals surface area contributed by atoms with Crippen LogP contribution in [0.3, 0.4) is 0 Å². The first-order valence-corrected chi connectivity index (χ1v) is 8.93. The van der Waals surface area contributed by atoms with Gasteiger partial charge < -0.3 is 24.5 Å². The van der Waals surface area contributed by atoms with Gasteiger partial charge in [0.15, 0.2) is 0 Å². The highest BCUT2D eigenvalue weighted by atomic mass is 16.5. The Hall–Kier alpha value is -1.83. The average molecular weight is 361 g/mol. The molecule has 0 spiro atoms. The predicted molar refractivity (Wildman–Crippen MR) is 103 cm³/mol. The Morgan fingerprint density at radius 3 is 2.54 bits per heavy atom. The number of hydrogen-bond donors (Lipinski definition) is 3. The first kappa shape index (κ1) is 20.5. The molecule has 142 valence electrons. The molecule has 0 saturated carbocycles. The number of esters is 1. The van der Waals surface area contributed by atoms with Gasteiger partial charge in [0.1, 0.15) is 5.69 Å². The molecule has 0 aliphatic heterocycles. The van der Waals surface area contributed by atoms with Crippen molar-refractivity contribution in [1.29, 1.82) is 0 Å². The van der Waals surface area contributed by atoms with Crippen molar-refractivity contribution in [3.63, 3.8) is 0 Å². The summed E-state index contributed by atoms with van der Waals surface area (Å²) < 4.78 is 10.9. The van der Waals surface area contributed by atoms with E-state index in [2.05, 4.69) is 4.98 Å². The van der Waals surface area contributed by atoms with Crippen LogP contribution in [0.15, 0.2) is 24.3 Å². The van der Waals surface area contributed by atoms with Crippen LogP contribution in [0.2, 0.25) is 0 Å². The van der Waals surface area contributed by atoms with E-state index in [1.54, 1.807) is 52.0 Å². The minimum Gasteiger partial charge on any atom is -0.461 e. The number of ether oxygens (including phenoxy) is 1. The lowest BCUT2D eigenvalue weighted by Crippen LogP contribution is -2.53. The van der Waals surface area contributed by atoms with Crippen molar-refractivity contribution in [2.45, 2.75) is 58.7 Å². The zero-order valence-electron chi connectivity index (χ0n) is 16.1. The van der Waals surface area contributed by atoms with Crippen LogP contribution in [0.25, 0.3) is 10.9 Å².